The Labute approximate surface area is 165 Å². The number of allylic oxidation sites excluding steroid dienone is 2. The second-order valence-corrected chi connectivity index (χ2v) is 8.49. The zero-order valence-corrected chi connectivity index (χ0v) is 16.5. The molecule has 0 atom stereocenters. The van der Waals surface area contributed by atoms with E-state index in [1.807, 2.05) is 43.3 Å². The van der Waals surface area contributed by atoms with E-state index in [9.17, 15) is 9.90 Å². The molecule has 1 fully saturated rings. The first-order chi connectivity index (χ1) is 13.0. The number of halogens is 1. The maximum atomic E-state index is 13.0. The molecule has 3 heteroatoms. The van der Waals surface area contributed by atoms with Crippen molar-refractivity contribution in [1.82, 2.24) is 0 Å². The van der Waals surface area contributed by atoms with E-state index in [0.717, 1.165) is 47.9 Å². The van der Waals surface area contributed by atoms with Crippen molar-refractivity contribution in [3.05, 3.63) is 64.4 Å². The highest BCUT2D eigenvalue weighted by Crippen LogP contribution is 2.51. The van der Waals surface area contributed by atoms with Crippen LogP contribution in [0.1, 0.15) is 56.1 Å². The van der Waals surface area contributed by atoms with Gasteiger partial charge in [-0.15, -0.1) is 0 Å². The molecule has 4 rings (SSSR count). The van der Waals surface area contributed by atoms with Gasteiger partial charge < -0.3 is 5.11 Å². The Balaban J connectivity index is 1.80. The summed E-state index contributed by atoms with van der Waals surface area (Å²) >= 11 is 6.01. The second kappa shape index (κ2) is 7.16. The summed E-state index contributed by atoms with van der Waals surface area (Å²) in [4.78, 5) is 13.0. The van der Waals surface area contributed by atoms with Gasteiger partial charge in [0, 0.05) is 16.9 Å². The highest BCUT2D eigenvalue weighted by molar-refractivity contribution is 6.30. The Hall–Kier alpha value is -2.06. The third-order valence-electron chi connectivity index (χ3n) is 6.26. The number of aliphatic hydroxyl groups excluding tert-OH is 1. The van der Waals surface area contributed by atoms with E-state index in [1.165, 1.54) is 12.8 Å². The Morgan fingerprint density at radius 2 is 1.56 bits per heavy atom. The first-order valence-corrected chi connectivity index (χ1v) is 10.2. The largest absolute Gasteiger partial charge is 0.511 e. The predicted octanol–water partition coefficient (Wildman–Crippen LogP) is 6.90. The lowest BCUT2D eigenvalue weighted by Gasteiger charge is -2.27. The number of rotatable bonds is 2. The van der Waals surface area contributed by atoms with Gasteiger partial charge in [0.15, 0.2) is 5.78 Å². The van der Waals surface area contributed by atoms with E-state index < -0.39 is 0 Å². The molecule has 0 aliphatic heterocycles. The summed E-state index contributed by atoms with van der Waals surface area (Å²) in [6, 6.07) is 13.8. The van der Waals surface area contributed by atoms with Crippen LogP contribution in [-0.4, -0.2) is 10.9 Å². The molecule has 2 nitrogen and oxygen atoms in total. The van der Waals surface area contributed by atoms with Crippen LogP contribution in [0.15, 0.2) is 48.2 Å². The molecule has 1 spiro atoms. The van der Waals surface area contributed by atoms with Crippen LogP contribution in [0, 0.1) is 12.3 Å². The number of ketones is 1. The van der Waals surface area contributed by atoms with Crippen molar-refractivity contribution in [3.63, 3.8) is 0 Å². The standard InChI is InChI=1S/C24H25ClO2/c1-16-6-7-18(17-8-10-19(25)11-9-17)14-20(16)22-21(26)15-24(23(22)27)12-4-2-3-5-13-24/h6-11,14,27H,2-5,12-13,15H2,1H3. The van der Waals surface area contributed by atoms with Crippen LogP contribution in [0.3, 0.4) is 0 Å². The fraction of sp³-hybridized carbons (Fsp3) is 0.375. The van der Waals surface area contributed by atoms with E-state index in [2.05, 4.69) is 6.07 Å². The second-order valence-electron chi connectivity index (χ2n) is 8.05. The van der Waals surface area contributed by atoms with Gasteiger partial charge in [-0.1, -0.05) is 61.5 Å². The monoisotopic (exact) mass is 380 g/mol. The number of hydrogen-bond acceptors (Lipinski definition) is 2. The van der Waals surface area contributed by atoms with Crippen molar-refractivity contribution >= 4 is 23.0 Å². The average molecular weight is 381 g/mol. The van der Waals surface area contributed by atoms with Crippen molar-refractivity contribution in [2.45, 2.75) is 51.9 Å². The molecule has 0 amide bonds. The lowest BCUT2D eigenvalue weighted by Crippen LogP contribution is -2.20. The lowest BCUT2D eigenvalue weighted by molar-refractivity contribution is -0.114. The molecule has 2 aliphatic carbocycles. The maximum absolute atomic E-state index is 13.0. The van der Waals surface area contributed by atoms with Crippen LogP contribution in [0.4, 0.5) is 0 Å². The molecular formula is C24H25ClO2. The van der Waals surface area contributed by atoms with Crippen molar-refractivity contribution in [2.24, 2.45) is 5.41 Å². The molecule has 0 saturated heterocycles. The number of Topliss-reactive ketones (excluding diaryl/α,β-unsaturated/α-hetero) is 1. The Morgan fingerprint density at radius 1 is 0.926 bits per heavy atom. The third kappa shape index (κ3) is 3.32. The van der Waals surface area contributed by atoms with Gasteiger partial charge in [-0.3, -0.25) is 4.79 Å². The molecular weight excluding hydrogens is 356 g/mol. The van der Waals surface area contributed by atoms with Crippen LogP contribution in [0.25, 0.3) is 16.7 Å². The Bertz CT molecular complexity index is 900. The molecule has 1 saturated carbocycles. The minimum absolute atomic E-state index is 0.0887. The molecule has 1 N–H and O–H groups in total. The van der Waals surface area contributed by atoms with Gasteiger partial charge in [0.2, 0.25) is 0 Å². The first-order valence-electron chi connectivity index (χ1n) is 9.84. The Kier molecular flexibility index (Phi) is 4.86. The summed E-state index contributed by atoms with van der Waals surface area (Å²) in [5.41, 5.74) is 4.19. The fourth-order valence-corrected chi connectivity index (χ4v) is 4.81. The number of carbonyl (C=O) groups excluding carboxylic acids is 1. The lowest BCUT2D eigenvalue weighted by atomic mass is 9.78. The molecule has 0 bridgehead atoms. The summed E-state index contributed by atoms with van der Waals surface area (Å²) < 4.78 is 0. The van der Waals surface area contributed by atoms with Gasteiger partial charge >= 0.3 is 0 Å². The van der Waals surface area contributed by atoms with Crippen molar-refractivity contribution in [1.29, 1.82) is 0 Å². The van der Waals surface area contributed by atoms with Gasteiger partial charge in [-0.2, -0.15) is 0 Å². The average Bonchev–Trinajstić information content (AvgIpc) is 2.81. The summed E-state index contributed by atoms with van der Waals surface area (Å²) in [6.07, 6.45) is 6.88. The summed E-state index contributed by atoms with van der Waals surface area (Å²) in [5.74, 6) is 0.427. The number of aryl methyl sites for hydroxylation is 1. The van der Waals surface area contributed by atoms with Gasteiger partial charge in [-0.25, -0.2) is 0 Å². The number of aliphatic hydroxyl groups is 1. The number of benzene rings is 2. The van der Waals surface area contributed by atoms with Crippen LogP contribution in [-0.2, 0) is 4.79 Å². The predicted molar refractivity (Wildman–Crippen MR) is 111 cm³/mol. The van der Waals surface area contributed by atoms with E-state index in [4.69, 9.17) is 11.6 Å². The summed E-state index contributed by atoms with van der Waals surface area (Å²) in [6.45, 7) is 2.01. The van der Waals surface area contributed by atoms with Gasteiger partial charge in [-0.05, 0) is 60.2 Å². The van der Waals surface area contributed by atoms with Crippen molar-refractivity contribution < 1.29 is 9.90 Å². The van der Waals surface area contributed by atoms with Crippen LogP contribution >= 0.6 is 11.6 Å². The fourth-order valence-electron chi connectivity index (χ4n) is 4.69. The maximum Gasteiger partial charge on any atom is 0.167 e. The van der Waals surface area contributed by atoms with Crippen LogP contribution in [0.5, 0.6) is 0 Å². The summed E-state index contributed by atoms with van der Waals surface area (Å²) in [5, 5.41) is 11.9. The van der Waals surface area contributed by atoms with Crippen LogP contribution < -0.4 is 0 Å². The van der Waals surface area contributed by atoms with E-state index in [-0.39, 0.29) is 11.2 Å². The van der Waals surface area contributed by atoms with E-state index in [0.29, 0.717) is 22.8 Å². The third-order valence-corrected chi connectivity index (χ3v) is 6.51. The normalized spacial score (nSPS) is 19.6. The molecule has 0 unspecified atom stereocenters. The molecule has 27 heavy (non-hydrogen) atoms. The number of hydrogen-bond donors (Lipinski definition) is 1. The smallest absolute Gasteiger partial charge is 0.167 e. The number of carbonyl (C=O) groups is 1. The molecule has 2 aromatic rings. The topological polar surface area (TPSA) is 37.3 Å². The molecule has 140 valence electrons. The van der Waals surface area contributed by atoms with E-state index in [1.54, 1.807) is 0 Å². The van der Waals surface area contributed by atoms with Crippen molar-refractivity contribution in [3.8, 4) is 11.1 Å². The zero-order valence-electron chi connectivity index (χ0n) is 15.7. The van der Waals surface area contributed by atoms with Gasteiger partial charge in [0.1, 0.15) is 5.76 Å². The van der Waals surface area contributed by atoms with Gasteiger partial charge in [0.05, 0.1) is 5.57 Å². The van der Waals surface area contributed by atoms with Crippen molar-refractivity contribution in [2.75, 3.05) is 0 Å². The highest BCUT2D eigenvalue weighted by atomic mass is 35.5. The molecule has 2 aliphatic rings. The minimum Gasteiger partial charge on any atom is -0.511 e. The first kappa shape index (κ1) is 18.3. The molecule has 0 aromatic heterocycles. The minimum atomic E-state index is -0.328. The Morgan fingerprint density at radius 3 is 2.22 bits per heavy atom. The SMILES string of the molecule is Cc1ccc(-c2ccc(Cl)cc2)cc1C1=C(O)C2(CCCCCC2)CC1=O. The van der Waals surface area contributed by atoms with Crippen LogP contribution in [0.2, 0.25) is 5.02 Å². The highest BCUT2D eigenvalue weighted by Gasteiger charge is 2.46. The van der Waals surface area contributed by atoms with Gasteiger partial charge in [0.25, 0.3) is 0 Å². The molecule has 2 aromatic carbocycles. The molecule has 0 heterocycles. The zero-order chi connectivity index (χ0) is 19.0. The van der Waals surface area contributed by atoms with E-state index >= 15 is 0 Å². The molecule has 0 radical (unpaired) electrons. The summed E-state index contributed by atoms with van der Waals surface area (Å²) in [7, 11) is 0. The quantitative estimate of drug-likeness (QED) is 0.615.